The van der Waals surface area contributed by atoms with Gasteiger partial charge in [-0.1, -0.05) is 13.5 Å². The van der Waals surface area contributed by atoms with Crippen molar-refractivity contribution in [3.8, 4) is 0 Å². The zero-order chi connectivity index (χ0) is 14.4. The number of anilines is 1. The van der Waals surface area contributed by atoms with Gasteiger partial charge in [-0.2, -0.15) is 0 Å². The molecule has 0 saturated heterocycles. The van der Waals surface area contributed by atoms with Gasteiger partial charge in [0.15, 0.2) is 0 Å². The molecule has 0 aliphatic heterocycles. The molecule has 4 heteroatoms. The Bertz CT molecular complexity index is 519. The zero-order valence-electron chi connectivity index (χ0n) is 11.9. The molecule has 0 saturated carbocycles. The normalized spacial score (nSPS) is 11.6. The fourth-order valence-electron chi connectivity index (χ4n) is 1.62. The summed E-state index contributed by atoms with van der Waals surface area (Å²) >= 11 is 0. The Labute approximate surface area is 114 Å². The average molecular weight is 260 g/mol. The lowest BCUT2D eigenvalue weighted by Gasteiger charge is -2.15. The van der Waals surface area contributed by atoms with Crippen molar-refractivity contribution in [2.45, 2.75) is 34.1 Å². The summed E-state index contributed by atoms with van der Waals surface area (Å²) in [5, 5.41) is 2.60. The first-order chi connectivity index (χ1) is 8.99. The molecule has 102 valence electrons. The molecule has 1 N–H and O–H groups in total. The number of carbonyl (C=O) groups excluding carboxylic acids is 1. The van der Waals surface area contributed by atoms with Crippen molar-refractivity contribution in [1.82, 2.24) is 4.98 Å². The lowest BCUT2D eigenvalue weighted by Crippen LogP contribution is -2.02. The van der Waals surface area contributed by atoms with Crippen LogP contribution in [0.15, 0.2) is 30.2 Å². The van der Waals surface area contributed by atoms with Crippen LogP contribution in [0.1, 0.15) is 38.4 Å². The number of allylic oxidation sites excluding steroid dienone is 2. The summed E-state index contributed by atoms with van der Waals surface area (Å²) < 4.78 is 5.73. The highest BCUT2D eigenvalue weighted by molar-refractivity contribution is 5.74. The van der Waals surface area contributed by atoms with Crippen molar-refractivity contribution < 1.29 is 9.53 Å². The van der Waals surface area contributed by atoms with Gasteiger partial charge in [0.2, 0.25) is 6.41 Å². The van der Waals surface area contributed by atoms with Gasteiger partial charge >= 0.3 is 0 Å². The van der Waals surface area contributed by atoms with E-state index < -0.39 is 0 Å². The van der Waals surface area contributed by atoms with Gasteiger partial charge in [-0.3, -0.25) is 9.78 Å². The van der Waals surface area contributed by atoms with Crippen LogP contribution in [-0.4, -0.2) is 11.4 Å². The van der Waals surface area contributed by atoms with Crippen LogP contribution < -0.4 is 5.32 Å². The maximum atomic E-state index is 10.5. The SMILES string of the molecule is C=C(C)OC(=C(C)CC)c1cc(NC=O)cnc1C. The van der Waals surface area contributed by atoms with E-state index in [-0.39, 0.29) is 0 Å². The quantitative estimate of drug-likeness (QED) is 0.627. The van der Waals surface area contributed by atoms with E-state index in [1.807, 2.05) is 19.9 Å². The number of rotatable bonds is 6. The third-order valence-corrected chi connectivity index (χ3v) is 2.75. The molecule has 4 nitrogen and oxygen atoms in total. The number of pyridine rings is 1. The third-order valence-electron chi connectivity index (χ3n) is 2.75. The van der Waals surface area contributed by atoms with E-state index in [1.165, 1.54) is 0 Å². The molecular formula is C15H20N2O2. The molecule has 0 radical (unpaired) electrons. The van der Waals surface area contributed by atoms with Crippen LogP contribution in [-0.2, 0) is 9.53 Å². The number of nitrogens with one attached hydrogen (secondary N) is 1. The van der Waals surface area contributed by atoms with Gasteiger partial charge in [0.05, 0.1) is 17.6 Å². The van der Waals surface area contributed by atoms with E-state index in [0.29, 0.717) is 17.9 Å². The molecule has 19 heavy (non-hydrogen) atoms. The summed E-state index contributed by atoms with van der Waals surface area (Å²) in [7, 11) is 0. The van der Waals surface area contributed by atoms with E-state index in [1.54, 1.807) is 13.1 Å². The molecule has 0 fully saturated rings. The standard InChI is InChI=1S/C15H20N2O2/c1-6-11(4)15(19-10(2)3)14-7-13(17-9-18)8-16-12(14)5/h7-9H,2,6H2,1,3-5H3,(H,17,18). The second-order valence-corrected chi connectivity index (χ2v) is 4.39. The second-order valence-electron chi connectivity index (χ2n) is 4.39. The molecular weight excluding hydrogens is 240 g/mol. The highest BCUT2D eigenvalue weighted by Gasteiger charge is 2.12. The van der Waals surface area contributed by atoms with Crippen molar-refractivity contribution in [2.24, 2.45) is 0 Å². The molecule has 0 atom stereocenters. The fourth-order valence-corrected chi connectivity index (χ4v) is 1.62. The second kappa shape index (κ2) is 6.73. The molecule has 0 unspecified atom stereocenters. The summed E-state index contributed by atoms with van der Waals surface area (Å²) in [6.45, 7) is 11.6. The van der Waals surface area contributed by atoms with Crippen molar-refractivity contribution in [3.63, 3.8) is 0 Å². The fraction of sp³-hybridized carbons (Fsp3) is 0.333. The minimum atomic E-state index is 0.621. The third kappa shape index (κ3) is 3.95. The summed E-state index contributed by atoms with van der Waals surface area (Å²) in [6.07, 6.45) is 3.12. The molecule has 0 aliphatic rings. The Morgan fingerprint density at radius 3 is 2.74 bits per heavy atom. The Morgan fingerprint density at radius 1 is 1.53 bits per heavy atom. The summed E-state index contributed by atoms with van der Waals surface area (Å²) in [5.74, 6) is 1.38. The minimum absolute atomic E-state index is 0.621. The van der Waals surface area contributed by atoms with E-state index in [9.17, 15) is 4.79 Å². The van der Waals surface area contributed by atoms with Gasteiger partial charge < -0.3 is 10.1 Å². The van der Waals surface area contributed by atoms with E-state index in [4.69, 9.17) is 4.74 Å². The molecule has 0 aromatic carbocycles. The number of carbonyl (C=O) groups is 1. The highest BCUT2D eigenvalue weighted by atomic mass is 16.5. The molecule has 1 heterocycles. The smallest absolute Gasteiger partial charge is 0.211 e. The van der Waals surface area contributed by atoms with E-state index in [0.717, 1.165) is 29.0 Å². The molecule has 1 amide bonds. The van der Waals surface area contributed by atoms with E-state index in [2.05, 4.69) is 23.8 Å². The average Bonchev–Trinajstić information content (AvgIpc) is 2.37. The summed E-state index contributed by atoms with van der Waals surface area (Å²) in [5.41, 5.74) is 3.47. The summed E-state index contributed by atoms with van der Waals surface area (Å²) in [6, 6.07) is 1.86. The maximum Gasteiger partial charge on any atom is 0.211 e. The van der Waals surface area contributed by atoms with Gasteiger partial charge in [-0.05, 0) is 38.8 Å². The van der Waals surface area contributed by atoms with Gasteiger partial charge in [0.1, 0.15) is 5.76 Å². The molecule has 1 rings (SSSR count). The molecule has 1 aromatic heterocycles. The van der Waals surface area contributed by atoms with Crippen LogP contribution in [0.25, 0.3) is 5.76 Å². The van der Waals surface area contributed by atoms with Crippen LogP contribution in [0, 0.1) is 6.92 Å². The number of aromatic nitrogens is 1. The van der Waals surface area contributed by atoms with Gasteiger partial charge in [0.25, 0.3) is 0 Å². The Balaban J connectivity index is 3.32. The first kappa shape index (κ1) is 15.0. The topological polar surface area (TPSA) is 51.2 Å². The zero-order valence-corrected chi connectivity index (χ0v) is 11.9. The maximum absolute atomic E-state index is 10.5. The van der Waals surface area contributed by atoms with Crippen molar-refractivity contribution in [2.75, 3.05) is 5.32 Å². The van der Waals surface area contributed by atoms with Crippen LogP contribution in [0.5, 0.6) is 0 Å². The Morgan fingerprint density at radius 2 is 2.21 bits per heavy atom. The Kier molecular flexibility index (Phi) is 5.30. The molecule has 0 aliphatic carbocycles. The lowest BCUT2D eigenvalue weighted by atomic mass is 10.1. The number of ether oxygens (including phenoxy) is 1. The predicted octanol–water partition coefficient (Wildman–Crippen LogP) is 3.65. The van der Waals surface area contributed by atoms with Crippen molar-refractivity contribution in [3.05, 3.63) is 41.4 Å². The first-order valence-electron chi connectivity index (χ1n) is 6.19. The van der Waals surface area contributed by atoms with Crippen molar-refractivity contribution >= 4 is 17.9 Å². The molecule has 0 spiro atoms. The van der Waals surface area contributed by atoms with E-state index >= 15 is 0 Å². The van der Waals surface area contributed by atoms with Gasteiger partial charge in [-0.15, -0.1) is 0 Å². The van der Waals surface area contributed by atoms with Crippen LogP contribution >= 0.6 is 0 Å². The Hall–Kier alpha value is -2.10. The first-order valence-corrected chi connectivity index (χ1v) is 6.19. The number of nitrogens with zero attached hydrogens (tertiary/aromatic N) is 1. The van der Waals surface area contributed by atoms with Gasteiger partial charge in [0, 0.05) is 11.3 Å². The van der Waals surface area contributed by atoms with Crippen molar-refractivity contribution in [1.29, 1.82) is 0 Å². The van der Waals surface area contributed by atoms with Gasteiger partial charge in [-0.25, -0.2) is 0 Å². The molecule has 1 aromatic rings. The van der Waals surface area contributed by atoms with Crippen LogP contribution in [0.2, 0.25) is 0 Å². The predicted molar refractivity (Wildman–Crippen MR) is 77.4 cm³/mol. The monoisotopic (exact) mass is 260 g/mol. The summed E-state index contributed by atoms with van der Waals surface area (Å²) in [4.78, 5) is 14.8. The minimum Gasteiger partial charge on any atom is -0.462 e. The number of hydrogen-bond acceptors (Lipinski definition) is 3. The lowest BCUT2D eigenvalue weighted by molar-refractivity contribution is -0.105. The van der Waals surface area contributed by atoms with Crippen LogP contribution in [0.4, 0.5) is 5.69 Å². The molecule has 0 bridgehead atoms. The number of amides is 1. The number of hydrogen-bond donors (Lipinski definition) is 1. The number of aryl methyl sites for hydroxylation is 1. The highest BCUT2D eigenvalue weighted by Crippen LogP contribution is 2.27. The van der Waals surface area contributed by atoms with Crippen LogP contribution in [0.3, 0.4) is 0 Å². The largest absolute Gasteiger partial charge is 0.462 e.